The number of hydrogen-bond donors (Lipinski definition) is 2. The van der Waals surface area contributed by atoms with E-state index in [0.717, 1.165) is 11.3 Å². The molecule has 6 heteroatoms. The second-order valence-electron chi connectivity index (χ2n) is 5.56. The highest BCUT2D eigenvalue weighted by Crippen LogP contribution is 2.19. The molecule has 3 aromatic rings. The molecule has 1 aromatic heterocycles. The van der Waals surface area contributed by atoms with Gasteiger partial charge >= 0.3 is 0 Å². The topological polar surface area (TPSA) is 63.2 Å². The highest BCUT2D eigenvalue weighted by molar-refractivity contribution is 6.30. The van der Waals surface area contributed by atoms with Gasteiger partial charge in [-0.05, 0) is 42.5 Å². The van der Waals surface area contributed by atoms with Crippen molar-refractivity contribution < 1.29 is 9.53 Å². The molecule has 0 fully saturated rings. The first-order valence-corrected chi connectivity index (χ1v) is 8.42. The summed E-state index contributed by atoms with van der Waals surface area (Å²) < 4.78 is 5.33. The molecule has 132 valence electrons. The monoisotopic (exact) mass is 367 g/mol. The van der Waals surface area contributed by atoms with E-state index in [2.05, 4.69) is 15.6 Å². The molecule has 3 rings (SSSR count). The Hall–Kier alpha value is -3.05. The van der Waals surface area contributed by atoms with E-state index in [1.165, 1.54) is 6.20 Å². The fourth-order valence-corrected chi connectivity index (χ4v) is 2.53. The van der Waals surface area contributed by atoms with Crippen molar-refractivity contribution in [3.05, 3.63) is 83.0 Å². The molecule has 0 saturated carbocycles. The molecule has 1 heterocycles. The number of benzene rings is 2. The lowest BCUT2D eigenvalue weighted by Crippen LogP contribution is -2.12. The number of pyridine rings is 1. The first-order valence-electron chi connectivity index (χ1n) is 8.04. The van der Waals surface area contributed by atoms with Crippen LogP contribution in [0.1, 0.15) is 15.9 Å². The lowest BCUT2D eigenvalue weighted by molar-refractivity contribution is 0.102. The predicted octanol–water partition coefficient (Wildman–Crippen LogP) is 4.61. The SMILES string of the molecule is COc1ccccc1CNc1ccc(C(=O)Nc2ccc(Cl)cc2)cn1. The van der Waals surface area contributed by atoms with Gasteiger partial charge in [0.1, 0.15) is 11.6 Å². The van der Waals surface area contributed by atoms with E-state index in [-0.39, 0.29) is 5.91 Å². The Morgan fingerprint density at radius 1 is 1.08 bits per heavy atom. The third-order valence-electron chi connectivity index (χ3n) is 3.78. The van der Waals surface area contributed by atoms with Crippen LogP contribution in [-0.4, -0.2) is 18.0 Å². The molecule has 2 aromatic carbocycles. The Balaban J connectivity index is 1.61. The molecule has 26 heavy (non-hydrogen) atoms. The summed E-state index contributed by atoms with van der Waals surface area (Å²) in [7, 11) is 1.64. The molecular weight excluding hydrogens is 350 g/mol. The molecule has 0 radical (unpaired) electrons. The normalized spacial score (nSPS) is 10.2. The summed E-state index contributed by atoms with van der Waals surface area (Å²) in [6, 6.07) is 18.2. The van der Waals surface area contributed by atoms with Crippen LogP contribution in [0.25, 0.3) is 0 Å². The lowest BCUT2D eigenvalue weighted by atomic mass is 10.2. The molecule has 0 saturated heterocycles. The van der Waals surface area contributed by atoms with Gasteiger partial charge in [0.25, 0.3) is 5.91 Å². The van der Waals surface area contributed by atoms with Crippen molar-refractivity contribution in [2.45, 2.75) is 6.54 Å². The fourth-order valence-electron chi connectivity index (χ4n) is 2.40. The van der Waals surface area contributed by atoms with Gasteiger partial charge < -0.3 is 15.4 Å². The highest BCUT2D eigenvalue weighted by Gasteiger charge is 2.07. The van der Waals surface area contributed by atoms with Crippen LogP contribution in [0.5, 0.6) is 5.75 Å². The second kappa shape index (κ2) is 8.36. The first kappa shape index (κ1) is 17.8. The van der Waals surface area contributed by atoms with E-state index in [1.54, 1.807) is 43.5 Å². The van der Waals surface area contributed by atoms with Crippen molar-refractivity contribution in [2.24, 2.45) is 0 Å². The number of carbonyl (C=O) groups excluding carboxylic acids is 1. The van der Waals surface area contributed by atoms with Crippen molar-refractivity contribution in [3.63, 3.8) is 0 Å². The zero-order valence-corrected chi connectivity index (χ0v) is 15.0. The summed E-state index contributed by atoms with van der Waals surface area (Å²) >= 11 is 5.84. The van der Waals surface area contributed by atoms with Crippen molar-refractivity contribution in [1.29, 1.82) is 0 Å². The van der Waals surface area contributed by atoms with Crippen LogP contribution in [0.2, 0.25) is 5.02 Å². The van der Waals surface area contributed by atoms with Gasteiger partial charge in [-0.3, -0.25) is 4.79 Å². The van der Waals surface area contributed by atoms with Crippen molar-refractivity contribution in [2.75, 3.05) is 17.7 Å². The standard InChI is InChI=1S/C20H18ClN3O2/c1-26-18-5-3-2-4-14(18)12-22-19-11-6-15(13-23-19)20(25)24-17-9-7-16(21)8-10-17/h2-11,13H,12H2,1H3,(H,22,23)(H,24,25). The molecule has 0 atom stereocenters. The zero-order chi connectivity index (χ0) is 18.4. The number of methoxy groups -OCH3 is 1. The average Bonchev–Trinajstić information content (AvgIpc) is 2.68. The van der Waals surface area contributed by atoms with E-state index in [1.807, 2.05) is 24.3 Å². The molecule has 1 amide bonds. The minimum Gasteiger partial charge on any atom is -0.496 e. The van der Waals surface area contributed by atoms with Gasteiger partial charge in [-0.25, -0.2) is 4.98 Å². The van der Waals surface area contributed by atoms with E-state index in [0.29, 0.717) is 28.6 Å². The molecule has 0 unspecified atom stereocenters. The van der Waals surface area contributed by atoms with Gasteiger partial charge in [0, 0.05) is 29.0 Å². The van der Waals surface area contributed by atoms with Crippen LogP contribution in [0.15, 0.2) is 66.9 Å². The van der Waals surface area contributed by atoms with Crippen LogP contribution in [0, 0.1) is 0 Å². The fraction of sp³-hybridized carbons (Fsp3) is 0.100. The zero-order valence-electron chi connectivity index (χ0n) is 14.2. The van der Waals surface area contributed by atoms with E-state index < -0.39 is 0 Å². The highest BCUT2D eigenvalue weighted by atomic mass is 35.5. The van der Waals surface area contributed by atoms with Gasteiger partial charge in [-0.1, -0.05) is 29.8 Å². The van der Waals surface area contributed by atoms with Crippen LogP contribution in [0.3, 0.4) is 0 Å². The molecule has 5 nitrogen and oxygen atoms in total. The number of amides is 1. The summed E-state index contributed by atoms with van der Waals surface area (Å²) in [5.41, 5.74) is 2.18. The number of aromatic nitrogens is 1. The van der Waals surface area contributed by atoms with Gasteiger partial charge in [0.05, 0.1) is 12.7 Å². The first-order chi connectivity index (χ1) is 12.7. The molecular formula is C20H18ClN3O2. The van der Waals surface area contributed by atoms with Gasteiger partial charge in [0.2, 0.25) is 0 Å². The van der Waals surface area contributed by atoms with Crippen LogP contribution in [-0.2, 0) is 6.54 Å². The molecule has 2 N–H and O–H groups in total. The lowest BCUT2D eigenvalue weighted by Gasteiger charge is -2.10. The second-order valence-corrected chi connectivity index (χ2v) is 5.99. The summed E-state index contributed by atoms with van der Waals surface area (Å²) in [6.45, 7) is 0.577. The van der Waals surface area contributed by atoms with Gasteiger partial charge in [-0.2, -0.15) is 0 Å². The molecule has 0 aliphatic carbocycles. The number of nitrogens with one attached hydrogen (secondary N) is 2. The number of halogens is 1. The summed E-state index contributed by atoms with van der Waals surface area (Å²) in [4.78, 5) is 16.5. The Kier molecular flexibility index (Phi) is 5.71. The number of anilines is 2. The number of para-hydroxylation sites is 1. The maximum absolute atomic E-state index is 12.3. The van der Waals surface area contributed by atoms with Crippen LogP contribution >= 0.6 is 11.6 Å². The number of ether oxygens (including phenoxy) is 1. The molecule has 0 aliphatic rings. The van der Waals surface area contributed by atoms with Crippen LogP contribution in [0.4, 0.5) is 11.5 Å². The van der Waals surface area contributed by atoms with Crippen molar-refractivity contribution in [3.8, 4) is 5.75 Å². The maximum Gasteiger partial charge on any atom is 0.257 e. The average molecular weight is 368 g/mol. The summed E-state index contributed by atoms with van der Waals surface area (Å²) in [5.74, 6) is 1.27. The van der Waals surface area contributed by atoms with E-state index >= 15 is 0 Å². The van der Waals surface area contributed by atoms with Crippen molar-refractivity contribution >= 4 is 29.0 Å². The van der Waals surface area contributed by atoms with Gasteiger partial charge in [0.15, 0.2) is 0 Å². The third kappa shape index (κ3) is 4.52. The third-order valence-corrected chi connectivity index (χ3v) is 4.03. The quantitative estimate of drug-likeness (QED) is 0.668. The van der Waals surface area contributed by atoms with Crippen LogP contribution < -0.4 is 15.4 Å². The molecule has 0 aliphatic heterocycles. The predicted molar refractivity (Wildman–Crippen MR) is 104 cm³/mol. The minimum atomic E-state index is -0.226. The number of hydrogen-bond acceptors (Lipinski definition) is 4. The summed E-state index contributed by atoms with van der Waals surface area (Å²) in [6.07, 6.45) is 1.54. The Labute approximate surface area is 157 Å². The minimum absolute atomic E-state index is 0.226. The Bertz CT molecular complexity index is 880. The Morgan fingerprint density at radius 3 is 2.54 bits per heavy atom. The largest absolute Gasteiger partial charge is 0.496 e. The molecule has 0 spiro atoms. The number of nitrogens with zero attached hydrogens (tertiary/aromatic N) is 1. The van der Waals surface area contributed by atoms with E-state index in [9.17, 15) is 4.79 Å². The molecule has 0 bridgehead atoms. The summed E-state index contributed by atoms with van der Waals surface area (Å²) in [5, 5.41) is 6.64. The maximum atomic E-state index is 12.3. The van der Waals surface area contributed by atoms with E-state index in [4.69, 9.17) is 16.3 Å². The number of carbonyl (C=O) groups is 1. The number of rotatable bonds is 6. The smallest absolute Gasteiger partial charge is 0.257 e. The van der Waals surface area contributed by atoms with Gasteiger partial charge in [-0.15, -0.1) is 0 Å². The van der Waals surface area contributed by atoms with Crippen molar-refractivity contribution in [1.82, 2.24) is 4.98 Å². The Morgan fingerprint density at radius 2 is 1.85 bits per heavy atom.